The van der Waals surface area contributed by atoms with Crippen LogP contribution < -0.4 is 11.1 Å². The lowest BCUT2D eigenvalue weighted by atomic mass is 10.2. The molecule has 0 saturated heterocycles. The first-order valence-corrected chi connectivity index (χ1v) is 6.25. The fourth-order valence-corrected chi connectivity index (χ4v) is 1.71. The van der Waals surface area contributed by atoms with Crippen LogP contribution in [0.25, 0.3) is 11.4 Å². The zero-order valence-corrected chi connectivity index (χ0v) is 11.2. The molecule has 1 amide bonds. The Labute approximate surface area is 120 Å². The summed E-state index contributed by atoms with van der Waals surface area (Å²) in [6.45, 7) is -0.0447. The number of primary amides is 1. The number of carbonyl (C=O) groups is 1. The van der Waals surface area contributed by atoms with Crippen LogP contribution >= 0.6 is 11.6 Å². The van der Waals surface area contributed by atoms with Crippen LogP contribution in [0.5, 0.6) is 0 Å². The Hall–Kier alpha value is -2.18. The Bertz CT molecular complexity index is 607. The van der Waals surface area contributed by atoms with E-state index in [9.17, 15) is 9.90 Å². The van der Waals surface area contributed by atoms with Crippen LogP contribution in [-0.2, 0) is 4.79 Å². The van der Waals surface area contributed by atoms with Crippen molar-refractivity contribution in [2.75, 3.05) is 11.9 Å². The minimum Gasteiger partial charge on any atom is -0.381 e. The number of aliphatic hydroxyl groups excluding tert-OH is 1. The number of carbonyl (C=O) groups excluding carboxylic acids is 1. The van der Waals surface area contributed by atoms with Gasteiger partial charge in [0.15, 0.2) is 5.82 Å². The topological polar surface area (TPSA) is 101 Å². The third-order valence-electron chi connectivity index (χ3n) is 2.53. The molecule has 0 aliphatic heterocycles. The Morgan fingerprint density at radius 3 is 2.70 bits per heavy atom. The van der Waals surface area contributed by atoms with Crippen LogP contribution in [0.3, 0.4) is 0 Å². The van der Waals surface area contributed by atoms with Crippen LogP contribution in [0.15, 0.2) is 36.4 Å². The van der Waals surface area contributed by atoms with Crippen LogP contribution in [0, 0.1) is 0 Å². The molecule has 20 heavy (non-hydrogen) atoms. The van der Waals surface area contributed by atoms with Crippen molar-refractivity contribution in [3.8, 4) is 11.4 Å². The zero-order valence-electron chi connectivity index (χ0n) is 10.5. The van der Waals surface area contributed by atoms with Crippen LogP contribution in [-0.4, -0.2) is 33.6 Å². The molecule has 0 radical (unpaired) electrons. The van der Waals surface area contributed by atoms with Gasteiger partial charge in [-0.05, 0) is 0 Å². The van der Waals surface area contributed by atoms with E-state index in [0.29, 0.717) is 11.6 Å². The van der Waals surface area contributed by atoms with E-state index in [1.165, 1.54) is 6.07 Å². The van der Waals surface area contributed by atoms with Gasteiger partial charge in [-0.25, -0.2) is 9.97 Å². The minimum atomic E-state index is -1.29. The van der Waals surface area contributed by atoms with E-state index in [4.69, 9.17) is 17.3 Å². The summed E-state index contributed by atoms with van der Waals surface area (Å²) in [4.78, 5) is 19.1. The number of rotatable bonds is 5. The fraction of sp³-hybridized carbons (Fsp3) is 0.154. The predicted octanol–water partition coefficient (Wildman–Crippen LogP) is 1.06. The summed E-state index contributed by atoms with van der Waals surface area (Å²) in [5, 5.41) is 12.4. The zero-order chi connectivity index (χ0) is 14.5. The van der Waals surface area contributed by atoms with E-state index in [2.05, 4.69) is 15.3 Å². The van der Waals surface area contributed by atoms with Crippen molar-refractivity contribution in [2.24, 2.45) is 5.73 Å². The molecule has 1 atom stereocenters. The molecule has 7 heteroatoms. The maximum atomic E-state index is 10.7. The van der Waals surface area contributed by atoms with Gasteiger partial charge in [-0.2, -0.15) is 0 Å². The van der Waals surface area contributed by atoms with E-state index >= 15 is 0 Å². The Morgan fingerprint density at radius 2 is 2.05 bits per heavy atom. The number of nitrogens with two attached hydrogens (primary N) is 1. The third-order valence-corrected chi connectivity index (χ3v) is 2.73. The quantitative estimate of drug-likeness (QED) is 0.715. The third kappa shape index (κ3) is 3.66. The molecule has 1 heterocycles. The lowest BCUT2D eigenvalue weighted by Gasteiger charge is -2.10. The Kier molecular flexibility index (Phi) is 4.49. The van der Waals surface area contributed by atoms with Gasteiger partial charge in [0.2, 0.25) is 5.91 Å². The van der Waals surface area contributed by atoms with Gasteiger partial charge in [-0.1, -0.05) is 41.9 Å². The van der Waals surface area contributed by atoms with Crippen molar-refractivity contribution < 1.29 is 9.90 Å². The number of halogens is 1. The van der Waals surface area contributed by atoms with Gasteiger partial charge in [0.05, 0.1) is 6.54 Å². The number of nitrogens with zero attached hydrogens (tertiary/aromatic N) is 2. The van der Waals surface area contributed by atoms with E-state index < -0.39 is 12.0 Å². The number of hydrogen-bond acceptors (Lipinski definition) is 5. The Morgan fingerprint density at radius 1 is 1.35 bits per heavy atom. The molecule has 0 spiro atoms. The fourth-order valence-electron chi connectivity index (χ4n) is 1.53. The molecule has 1 aromatic carbocycles. The van der Waals surface area contributed by atoms with Crippen molar-refractivity contribution in [2.45, 2.75) is 6.10 Å². The molecule has 0 bridgehead atoms. The maximum Gasteiger partial charge on any atom is 0.248 e. The molecule has 0 saturated carbocycles. The largest absolute Gasteiger partial charge is 0.381 e. The molecular weight excluding hydrogens is 280 g/mol. The van der Waals surface area contributed by atoms with E-state index in [1.807, 2.05) is 30.3 Å². The SMILES string of the molecule is NC(=O)C(O)CNc1cc(Cl)nc(-c2ccccc2)n1. The van der Waals surface area contributed by atoms with Gasteiger partial charge in [0.25, 0.3) is 0 Å². The smallest absolute Gasteiger partial charge is 0.248 e. The van der Waals surface area contributed by atoms with Crippen molar-refractivity contribution in [1.29, 1.82) is 0 Å². The van der Waals surface area contributed by atoms with Crippen LogP contribution in [0.2, 0.25) is 5.15 Å². The van der Waals surface area contributed by atoms with Gasteiger partial charge in [-0.3, -0.25) is 4.79 Å². The number of nitrogens with one attached hydrogen (secondary N) is 1. The number of aromatic nitrogens is 2. The number of anilines is 1. The highest BCUT2D eigenvalue weighted by Crippen LogP contribution is 2.19. The summed E-state index contributed by atoms with van der Waals surface area (Å²) in [6, 6.07) is 10.8. The first-order valence-electron chi connectivity index (χ1n) is 5.87. The molecular formula is C13H13ClN4O2. The summed E-state index contributed by atoms with van der Waals surface area (Å²) in [6.07, 6.45) is -1.29. The molecule has 0 aliphatic rings. The maximum absolute atomic E-state index is 10.7. The highest BCUT2D eigenvalue weighted by Gasteiger charge is 2.11. The molecule has 1 unspecified atom stereocenters. The molecule has 1 aromatic heterocycles. The average Bonchev–Trinajstić information content (AvgIpc) is 2.45. The van der Waals surface area contributed by atoms with Crippen LogP contribution in [0.4, 0.5) is 5.82 Å². The summed E-state index contributed by atoms with van der Waals surface area (Å²) in [5.41, 5.74) is 5.78. The minimum absolute atomic E-state index is 0.0447. The molecule has 6 nitrogen and oxygen atoms in total. The highest BCUT2D eigenvalue weighted by atomic mass is 35.5. The van der Waals surface area contributed by atoms with Crippen molar-refractivity contribution in [3.63, 3.8) is 0 Å². The second kappa shape index (κ2) is 6.31. The van der Waals surface area contributed by atoms with Gasteiger partial charge < -0.3 is 16.2 Å². The van der Waals surface area contributed by atoms with E-state index in [1.54, 1.807) is 0 Å². The van der Waals surface area contributed by atoms with Gasteiger partial charge in [0, 0.05) is 11.6 Å². The number of benzene rings is 1. The normalized spacial score (nSPS) is 11.9. The van der Waals surface area contributed by atoms with Gasteiger partial charge >= 0.3 is 0 Å². The summed E-state index contributed by atoms with van der Waals surface area (Å²) < 4.78 is 0. The predicted molar refractivity (Wildman–Crippen MR) is 76.2 cm³/mol. The molecule has 0 aliphatic carbocycles. The highest BCUT2D eigenvalue weighted by molar-refractivity contribution is 6.29. The van der Waals surface area contributed by atoms with Crippen molar-refractivity contribution in [3.05, 3.63) is 41.6 Å². The lowest BCUT2D eigenvalue weighted by Crippen LogP contribution is -2.34. The van der Waals surface area contributed by atoms with Crippen LogP contribution in [0.1, 0.15) is 0 Å². The van der Waals surface area contributed by atoms with Crippen molar-refractivity contribution in [1.82, 2.24) is 9.97 Å². The van der Waals surface area contributed by atoms with E-state index in [-0.39, 0.29) is 11.7 Å². The monoisotopic (exact) mass is 292 g/mol. The van der Waals surface area contributed by atoms with E-state index in [0.717, 1.165) is 5.56 Å². The van der Waals surface area contributed by atoms with Crippen molar-refractivity contribution >= 4 is 23.3 Å². The van der Waals surface area contributed by atoms with Gasteiger partial charge in [0.1, 0.15) is 17.1 Å². The second-order valence-corrected chi connectivity index (χ2v) is 4.45. The first-order chi connectivity index (χ1) is 9.56. The Balaban J connectivity index is 2.19. The second-order valence-electron chi connectivity index (χ2n) is 4.06. The number of hydrogen-bond donors (Lipinski definition) is 3. The summed E-state index contributed by atoms with van der Waals surface area (Å²) >= 11 is 5.93. The number of aliphatic hydroxyl groups is 1. The molecule has 2 rings (SSSR count). The molecule has 4 N–H and O–H groups in total. The molecule has 104 valence electrons. The first kappa shape index (κ1) is 14.2. The summed E-state index contributed by atoms with van der Waals surface area (Å²) in [5.74, 6) is 0.0549. The number of amides is 1. The summed E-state index contributed by atoms with van der Waals surface area (Å²) in [7, 11) is 0. The molecule has 2 aromatic rings. The average molecular weight is 293 g/mol. The standard InChI is InChI=1S/C13H13ClN4O2/c14-10-6-11(16-7-9(19)12(15)20)18-13(17-10)8-4-2-1-3-5-8/h1-6,9,19H,7H2,(H2,15,20)(H,16,17,18). The lowest BCUT2D eigenvalue weighted by molar-refractivity contribution is -0.125. The van der Waals surface area contributed by atoms with Gasteiger partial charge in [-0.15, -0.1) is 0 Å². The molecule has 0 fully saturated rings.